The van der Waals surface area contributed by atoms with Gasteiger partial charge in [0.05, 0.1) is 11.1 Å². The summed E-state index contributed by atoms with van der Waals surface area (Å²) in [4.78, 5) is 2.40. The van der Waals surface area contributed by atoms with Gasteiger partial charge in [-0.3, -0.25) is 0 Å². The molecule has 0 radical (unpaired) electrons. The Kier molecular flexibility index (Phi) is 7.39. The van der Waals surface area contributed by atoms with Crippen LogP contribution in [-0.2, 0) is 0 Å². The summed E-state index contributed by atoms with van der Waals surface area (Å²) in [6.07, 6.45) is 0. The maximum Gasteiger partial charge on any atom is 0.145 e. The van der Waals surface area contributed by atoms with Crippen LogP contribution in [0.5, 0.6) is 0 Å². The molecule has 0 atom stereocenters. The molecule has 0 aliphatic carbocycles. The van der Waals surface area contributed by atoms with Gasteiger partial charge in [-0.05, 0) is 93.2 Å². The minimum absolute atomic E-state index is 0.876. The third-order valence-electron chi connectivity index (χ3n) is 10.9. The smallest absolute Gasteiger partial charge is 0.145 e. The molecule has 0 saturated carbocycles. The molecule has 258 valence electrons. The fourth-order valence-corrected chi connectivity index (χ4v) is 9.29. The summed E-state index contributed by atoms with van der Waals surface area (Å²) in [5.74, 6) is 0. The van der Waals surface area contributed by atoms with E-state index in [1.54, 1.807) is 0 Å². The minimum atomic E-state index is 0.876. The SMILES string of the molecule is c1ccc(-c2ccc(-c3ccc(N(c4ccc5c(c4)sc4ccccc45)c4ccc(-c5ccc6ccccc6c5)c5oc6ccccc6c45)cc3)cc2)cc1. The van der Waals surface area contributed by atoms with Gasteiger partial charge in [-0.2, -0.15) is 0 Å². The molecule has 2 heterocycles. The Morgan fingerprint density at radius 3 is 1.78 bits per heavy atom. The molecule has 2 nitrogen and oxygen atoms in total. The third kappa shape index (κ3) is 5.40. The van der Waals surface area contributed by atoms with Crippen molar-refractivity contribution in [3.63, 3.8) is 0 Å². The first-order valence-electron chi connectivity index (χ1n) is 18.7. The maximum atomic E-state index is 6.82. The summed E-state index contributed by atoms with van der Waals surface area (Å²) in [5.41, 5.74) is 12.0. The maximum absolute atomic E-state index is 6.82. The first-order valence-corrected chi connectivity index (χ1v) is 19.5. The van der Waals surface area contributed by atoms with Crippen LogP contribution in [0.25, 0.3) is 86.3 Å². The van der Waals surface area contributed by atoms with Crippen LogP contribution in [0.2, 0.25) is 0 Å². The van der Waals surface area contributed by atoms with Crippen LogP contribution in [0.3, 0.4) is 0 Å². The lowest BCUT2D eigenvalue weighted by atomic mass is 9.97. The molecule has 0 bridgehead atoms. The number of nitrogens with zero attached hydrogens (tertiary/aromatic N) is 1. The predicted octanol–water partition coefficient (Wildman–Crippen LogP) is 15.6. The summed E-state index contributed by atoms with van der Waals surface area (Å²) in [5, 5.41) is 7.20. The summed E-state index contributed by atoms with van der Waals surface area (Å²) in [6.45, 7) is 0. The number of hydrogen-bond acceptors (Lipinski definition) is 3. The van der Waals surface area contributed by atoms with Gasteiger partial charge in [-0.25, -0.2) is 0 Å². The van der Waals surface area contributed by atoms with Gasteiger partial charge >= 0.3 is 0 Å². The highest BCUT2D eigenvalue weighted by Gasteiger charge is 2.23. The first-order chi connectivity index (χ1) is 27.2. The van der Waals surface area contributed by atoms with E-state index in [1.165, 1.54) is 53.2 Å². The van der Waals surface area contributed by atoms with E-state index < -0.39 is 0 Å². The van der Waals surface area contributed by atoms with Crippen LogP contribution in [0.1, 0.15) is 0 Å². The molecule has 0 amide bonds. The molecule has 0 saturated heterocycles. The van der Waals surface area contributed by atoms with Gasteiger partial charge in [-0.1, -0.05) is 146 Å². The summed E-state index contributed by atoms with van der Waals surface area (Å²) in [6, 6.07) is 72.1. The molecular formula is C52H33NOS. The van der Waals surface area contributed by atoms with Crippen molar-refractivity contribution in [3.8, 4) is 33.4 Å². The number of hydrogen-bond donors (Lipinski definition) is 0. The average Bonchev–Trinajstić information content (AvgIpc) is 3.83. The Bertz CT molecular complexity index is 3190. The van der Waals surface area contributed by atoms with Crippen LogP contribution >= 0.6 is 11.3 Å². The van der Waals surface area contributed by atoms with E-state index in [2.05, 4.69) is 205 Å². The summed E-state index contributed by atoms with van der Waals surface area (Å²) >= 11 is 1.85. The van der Waals surface area contributed by atoms with E-state index in [9.17, 15) is 0 Å². The van der Waals surface area contributed by atoms with Gasteiger partial charge in [0.2, 0.25) is 0 Å². The van der Waals surface area contributed by atoms with Crippen LogP contribution < -0.4 is 4.90 Å². The number of rotatable bonds is 6. The molecule has 11 rings (SSSR count). The number of fused-ring (bicyclic) bond motifs is 7. The van der Waals surface area contributed by atoms with Gasteiger partial charge in [-0.15, -0.1) is 11.3 Å². The molecule has 55 heavy (non-hydrogen) atoms. The van der Waals surface area contributed by atoms with Crippen LogP contribution in [0, 0.1) is 0 Å². The van der Waals surface area contributed by atoms with Crippen molar-refractivity contribution in [1.82, 2.24) is 0 Å². The van der Waals surface area contributed by atoms with Crippen molar-refractivity contribution < 1.29 is 4.42 Å². The molecule has 0 unspecified atom stereocenters. The Morgan fingerprint density at radius 2 is 0.982 bits per heavy atom. The highest BCUT2D eigenvalue weighted by atomic mass is 32.1. The zero-order valence-electron chi connectivity index (χ0n) is 29.8. The summed E-state index contributed by atoms with van der Waals surface area (Å²) in [7, 11) is 0. The summed E-state index contributed by atoms with van der Waals surface area (Å²) < 4.78 is 9.38. The lowest BCUT2D eigenvalue weighted by molar-refractivity contribution is 0.670. The first kappa shape index (κ1) is 31.6. The standard InChI is InChI=1S/C52H33NOS/c1-2-10-34(11-3-1)36-18-20-37(21-19-36)38-24-26-41(27-25-38)53(42-28-29-45-44-14-7-9-17-49(44)55-50(45)33-42)47-31-30-43(40-23-22-35-12-4-5-13-39(35)32-40)52-51(47)46-15-6-8-16-48(46)54-52/h1-33H. The zero-order valence-corrected chi connectivity index (χ0v) is 30.6. The van der Waals surface area contributed by atoms with Gasteiger partial charge in [0.25, 0.3) is 0 Å². The molecule has 0 aliphatic heterocycles. The van der Waals surface area contributed by atoms with Crippen molar-refractivity contribution in [2.45, 2.75) is 0 Å². The number of anilines is 3. The average molecular weight is 720 g/mol. The Balaban J connectivity index is 1.10. The predicted molar refractivity (Wildman–Crippen MR) is 235 cm³/mol. The van der Waals surface area contributed by atoms with Crippen LogP contribution in [0.15, 0.2) is 205 Å². The molecule has 2 aromatic heterocycles. The molecule has 0 aliphatic rings. The highest BCUT2D eigenvalue weighted by Crippen LogP contribution is 2.47. The Hall–Kier alpha value is -6.94. The van der Waals surface area contributed by atoms with Crippen LogP contribution in [-0.4, -0.2) is 0 Å². The van der Waals surface area contributed by atoms with Crippen LogP contribution in [0.4, 0.5) is 17.1 Å². The Morgan fingerprint density at radius 1 is 0.382 bits per heavy atom. The number of furan rings is 1. The number of para-hydroxylation sites is 1. The lowest BCUT2D eigenvalue weighted by Gasteiger charge is -2.27. The van der Waals surface area contributed by atoms with Gasteiger partial charge < -0.3 is 9.32 Å². The number of benzene rings is 9. The second-order valence-corrected chi connectivity index (χ2v) is 15.2. The number of thiophene rings is 1. The fourth-order valence-electron chi connectivity index (χ4n) is 8.15. The Labute approximate surface area is 322 Å². The van der Waals surface area contributed by atoms with Crippen molar-refractivity contribution in [2.75, 3.05) is 4.90 Å². The molecule has 3 heteroatoms. The normalized spacial score (nSPS) is 11.6. The van der Waals surface area contributed by atoms with Gasteiger partial charge in [0.15, 0.2) is 0 Å². The second-order valence-electron chi connectivity index (χ2n) is 14.1. The quantitative estimate of drug-likeness (QED) is 0.170. The molecule has 0 N–H and O–H groups in total. The molecule has 11 aromatic rings. The molecular weight excluding hydrogens is 687 g/mol. The van der Waals surface area contributed by atoms with E-state index in [4.69, 9.17) is 4.42 Å². The van der Waals surface area contributed by atoms with Gasteiger partial charge in [0, 0.05) is 42.5 Å². The third-order valence-corrected chi connectivity index (χ3v) is 12.0. The van der Waals surface area contributed by atoms with E-state index in [1.807, 2.05) is 11.3 Å². The fraction of sp³-hybridized carbons (Fsp3) is 0. The van der Waals surface area contributed by atoms with Crippen molar-refractivity contribution in [3.05, 3.63) is 200 Å². The highest BCUT2D eigenvalue weighted by molar-refractivity contribution is 7.25. The van der Waals surface area contributed by atoms with Crippen molar-refractivity contribution in [1.29, 1.82) is 0 Å². The lowest BCUT2D eigenvalue weighted by Crippen LogP contribution is -2.10. The minimum Gasteiger partial charge on any atom is -0.455 e. The van der Waals surface area contributed by atoms with E-state index in [-0.39, 0.29) is 0 Å². The van der Waals surface area contributed by atoms with E-state index >= 15 is 0 Å². The molecule has 0 spiro atoms. The van der Waals surface area contributed by atoms with Crippen molar-refractivity contribution >= 4 is 81.3 Å². The van der Waals surface area contributed by atoms with E-state index in [0.29, 0.717) is 0 Å². The zero-order chi connectivity index (χ0) is 36.3. The topological polar surface area (TPSA) is 16.4 Å². The molecule has 0 fully saturated rings. The largest absolute Gasteiger partial charge is 0.455 e. The van der Waals surface area contributed by atoms with Crippen molar-refractivity contribution in [2.24, 2.45) is 0 Å². The molecule has 9 aromatic carbocycles. The van der Waals surface area contributed by atoms with Gasteiger partial charge in [0.1, 0.15) is 11.2 Å². The second kappa shape index (κ2) is 12.9. The monoisotopic (exact) mass is 719 g/mol. The van der Waals surface area contributed by atoms with E-state index in [0.717, 1.165) is 50.1 Å².